The Kier molecular flexibility index (Phi) is 4.25. The van der Waals surface area contributed by atoms with Crippen LogP contribution >= 0.6 is 0 Å². The topological polar surface area (TPSA) is 72.6 Å². The van der Waals surface area contributed by atoms with E-state index in [9.17, 15) is 22.8 Å². The van der Waals surface area contributed by atoms with Gasteiger partial charge >= 0.3 is 6.18 Å². The van der Waals surface area contributed by atoms with Gasteiger partial charge in [0, 0.05) is 12.5 Å². The zero-order chi connectivity index (χ0) is 17.5. The molecule has 0 radical (unpaired) electrons. The van der Waals surface area contributed by atoms with Crippen molar-refractivity contribution in [2.24, 2.45) is 11.7 Å². The predicted molar refractivity (Wildman–Crippen MR) is 77.8 cm³/mol. The molecule has 1 aromatic rings. The Morgan fingerprint density at radius 1 is 1.29 bits per heavy atom. The molecule has 3 unspecified atom stereocenters. The first-order valence-corrected chi connectivity index (χ1v) is 7.64. The lowest BCUT2D eigenvalue weighted by molar-refractivity contribution is -0.146. The molecule has 1 saturated heterocycles. The molecular weight excluding hydrogens is 325 g/mol. The number of rotatable bonds is 3. The Labute approximate surface area is 136 Å². The quantitative estimate of drug-likeness (QED) is 0.905. The summed E-state index contributed by atoms with van der Waals surface area (Å²) >= 11 is 0. The van der Waals surface area contributed by atoms with Crippen LogP contribution in [0, 0.1) is 5.92 Å². The molecule has 2 fully saturated rings. The molecule has 1 saturated carbocycles. The van der Waals surface area contributed by atoms with Gasteiger partial charge in [0.2, 0.25) is 11.8 Å². The van der Waals surface area contributed by atoms with Crippen LogP contribution in [-0.2, 0) is 20.5 Å². The molecule has 1 aromatic carbocycles. The van der Waals surface area contributed by atoms with E-state index in [4.69, 9.17) is 10.5 Å². The number of morpholine rings is 1. The monoisotopic (exact) mass is 342 g/mol. The van der Waals surface area contributed by atoms with Crippen molar-refractivity contribution in [2.75, 3.05) is 19.7 Å². The molecule has 3 atom stereocenters. The third-order valence-corrected chi connectivity index (χ3v) is 4.45. The Balaban J connectivity index is 1.67. The number of amides is 2. The molecule has 1 aliphatic carbocycles. The lowest BCUT2D eigenvalue weighted by Gasteiger charge is -2.31. The highest BCUT2D eigenvalue weighted by atomic mass is 19.4. The zero-order valence-corrected chi connectivity index (χ0v) is 12.8. The van der Waals surface area contributed by atoms with Gasteiger partial charge in [0.15, 0.2) is 6.10 Å². The van der Waals surface area contributed by atoms with E-state index in [0.29, 0.717) is 18.5 Å². The number of halogens is 3. The van der Waals surface area contributed by atoms with Crippen molar-refractivity contribution >= 4 is 11.8 Å². The molecule has 130 valence electrons. The van der Waals surface area contributed by atoms with Crippen LogP contribution in [0.1, 0.15) is 23.5 Å². The minimum Gasteiger partial charge on any atom is -0.367 e. The molecule has 3 rings (SSSR count). The van der Waals surface area contributed by atoms with E-state index in [2.05, 4.69) is 0 Å². The van der Waals surface area contributed by atoms with Crippen LogP contribution in [-0.4, -0.2) is 42.5 Å². The third kappa shape index (κ3) is 3.38. The highest BCUT2D eigenvalue weighted by molar-refractivity contribution is 5.85. The molecule has 1 heterocycles. The third-order valence-electron chi connectivity index (χ3n) is 4.45. The molecule has 8 heteroatoms. The number of hydrogen-bond acceptors (Lipinski definition) is 3. The van der Waals surface area contributed by atoms with Crippen molar-refractivity contribution in [1.29, 1.82) is 0 Å². The maximum atomic E-state index is 12.8. The van der Waals surface area contributed by atoms with E-state index in [0.717, 1.165) is 12.1 Å². The van der Waals surface area contributed by atoms with Crippen LogP contribution in [0.4, 0.5) is 13.2 Å². The number of hydrogen-bond donors (Lipinski definition) is 1. The molecule has 1 aliphatic heterocycles. The highest BCUT2D eigenvalue weighted by Crippen LogP contribution is 2.49. The highest BCUT2D eigenvalue weighted by Gasteiger charge is 2.47. The predicted octanol–water partition coefficient (Wildman–Crippen LogP) is 1.52. The summed E-state index contributed by atoms with van der Waals surface area (Å²) in [5.41, 5.74) is 5.00. The van der Waals surface area contributed by atoms with Crippen LogP contribution in [0.25, 0.3) is 0 Å². The normalized spacial score (nSPS) is 27.0. The summed E-state index contributed by atoms with van der Waals surface area (Å²) < 4.78 is 43.5. The molecule has 5 nitrogen and oxygen atoms in total. The largest absolute Gasteiger partial charge is 0.416 e. The SMILES string of the molecule is NC(=O)C1CN(C(=O)C2CC2c2cccc(C(F)(F)F)c2)CCO1. The molecule has 0 spiro atoms. The van der Waals surface area contributed by atoms with Crippen molar-refractivity contribution in [3.8, 4) is 0 Å². The number of carbonyl (C=O) groups excluding carboxylic acids is 2. The van der Waals surface area contributed by atoms with Gasteiger partial charge in [-0.25, -0.2) is 0 Å². The number of benzene rings is 1. The maximum absolute atomic E-state index is 12.8. The first kappa shape index (κ1) is 16.8. The van der Waals surface area contributed by atoms with Crippen molar-refractivity contribution < 1.29 is 27.5 Å². The summed E-state index contributed by atoms with van der Waals surface area (Å²) in [6.45, 7) is 0.675. The molecule has 0 bridgehead atoms. The number of nitrogens with zero attached hydrogens (tertiary/aromatic N) is 1. The number of ether oxygens (including phenoxy) is 1. The van der Waals surface area contributed by atoms with Crippen LogP contribution in [0.3, 0.4) is 0 Å². The number of carbonyl (C=O) groups is 2. The van der Waals surface area contributed by atoms with Crippen LogP contribution < -0.4 is 5.73 Å². The molecular formula is C16H17F3N2O3. The van der Waals surface area contributed by atoms with E-state index >= 15 is 0 Å². The summed E-state index contributed by atoms with van der Waals surface area (Å²) in [5.74, 6) is -1.35. The van der Waals surface area contributed by atoms with Gasteiger partial charge in [0.05, 0.1) is 18.7 Å². The average molecular weight is 342 g/mol. The number of primary amides is 1. The van der Waals surface area contributed by atoms with Gasteiger partial charge in [-0.15, -0.1) is 0 Å². The van der Waals surface area contributed by atoms with Gasteiger partial charge in [-0.3, -0.25) is 9.59 Å². The summed E-state index contributed by atoms with van der Waals surface area (Å²) in [4.78, 5) is 25.2. The standard InChI is InChI=1S/C16H17F3N2O3/c17-16(18,19)10-3-1-2-9(6-10)11-7-12(11)15(23)21-4-5-24-13(8-21)14(20)22/h1-3,6,11-13H,4-5,7-8H2,(H2,20,22). The fraction of sp³-hybridized carbons (Fsp3) is 0.500. The van der Waals surface area contributed by atoms with Crippen molar-refractivity contribution in [1.82, 2.24) is 4.90 Å². The van der Waals surface area contributed by atoms with E-state index in [1.807, 2.05) is 0 Å². The minimum absolute atomic E-state index is 0.0972. The smallest absolute Gasteiger partial charge is 0.367 e. The Bertz CT molecular complexity index is 662. The summed E-state index contributed by atoms with van der Waals surface area (Å²) in [5, 5.41) is 0. The maximum Gasteiger partial charge on any atom is 0.416 e. The summed E-state index contributed by atoms with van der Waals surface area (Å²) in [6.07, 6.45) is -4.71. The van der Waals surface area contributed by atoms with Gasteiger partial charge < -0.3 is 15.4 Å². The Morgan fingerprint density at radius 3 is 2.71 bits per heavy atom. The van der Waals surface area contributed by atoms with Gasteiger partial charge in [-0.1, -0.05) is 18.2 Å². The Morgan fingerprint density at radius 2 is 2.04 bits per heavy atom. The van der Waals surface area contributed by atoms with Crippen LogP contribution in [0.2, 0.25) is 0 Å². The van der Waals surface area contributed by atoms with E-state index in [-0.39, 0.29) is 30.9 Å². The molecule has 0 aromatic heterocycles. The fourth-order valence-electron chi connectivity index (χ4n) is 3.04. The van der Waals surface area contributed by atoms with Crippen LogP contribution in [0.15, 0.2) is 24.3 Å². The van der Waals surface area contributed by atoms with Crippen molar-refractivity contribution in [3.05, 3.63) is 35.4 Å². The van der Waals surface area contributed by atoms with Crippen LogP contribution in [0.5, 0.6) is 0 Å². The average Bonchev–Trinajstić information content (AvgIpc) is 3.34. The van der Waals surface area contributed by atoms with Crippen molar-refractivity contribution in [2.45, 2.75) is 24.6 Å². The lowest BCUT2D eigenvalue weighted by Crippen LogP contribution is -2.50. The van der Waals surface area contributed by atoms with E-state index in [1.165, 1.54) is 11.0 Å². The van der Waals surface area contributed by atoms with Gasteiger partial charge in [-0.05, 0) is 24.0 Å². The number of alkyl halides is 3. The van der Waals surface area contributed by atoms with Gasteiger partial charge in [-0.2, -0.15) is 13.2 Å². The second-order valence-electron chi connectivity index (χ2n) is 6.12. The molecule has 2 N–H and O–H groups in total. The first-order chi connectivity index (χ1) is 11.3. The minimum atomic E-state index is -4.40. The second kappa shape index (κ2) is 6.08. The fourth-order valence-corrected chi connectivity index (χ4v) is 3.04. The number of nitrogens with two attached hydrogens (primary N) is 1. The van der Waals surface area contributed by atoms with Gasteiger partial charge in [0.25, 0.3) is 0 Å². The first-order valence-electron chi connectivity index (χ1n) is 7.64. The Hall–Kier alpha value is -2.09. The van der Waals surface area contributed by atoms with Gasteiger partial charge in [0.1, 0.15) is 0 Å². The lowest BCUT2D eigenvalue weighted by atomic mass is 10.0. The zero-order valence-electron chi connectivity index (χ0n) is 12.8. The molecule has 2 aliphatic rings. The second-order valence-corrected chi connectivity index (χ2v) is 6.12. The van der Waals surface area contributed by atoms with E-state index < -0.39 is 23.8 Å². The molecule has 24 heavy (non-hydrogen) atoms. The summed E-state index contributed by atoms with van der Waals surface area (Å²) in [7, 11) is 0. The van der Waals surface area contributed by atoms with Crippen molar-refractivity contribution in [3.63, 3.8) is 0 Å². The van der Waals surface area contributed by atoms with E-state index in [1.54, 1.807) is 6.07 Å². The molecule has 2 amide bonds. The summed E-state index contributed by atoms with van der Waals surface area (Å²) in [6, 6.07) is 5.08.